The van der Waals surface area contributed by atoms with Crippen LogP contribution in [0.5, 0.6) is 0 Å². The van der Waals surface area contributed by atoms with E-state index >= 15 is 0 Å². The molecule has 4 aromatic heterocycles. The van der Waals surface area contributed by atoms with E-state index < -0.39 is 0 Å². The second-order valence-corrected chi connectivity index (χ2v) is 7.79. The molecule has 0 saturated heterocycles. The van der Waals surface area contributed by atoms with Crippen molar-refractivity contribution >= 4 is 45.4 Å². The van der Waals surface area contributed by atoms with Crippen LogP contribution in [0.4, 0.5) is 5.82 Å². The Morgan fingerprint density at radius 1 is 1.21 bits per heavy atom. The van der Waals surface area contributed by atoms with Gasteiger partial charge in [0.2, 0.25) is 0 Å². The molecule has 0 radical (unpaired) electrons. The van der Waals surface area contributed by atoms with Crippen molar-refractivity contribution in [2.24, 2.45) is 0 Å². The van der Waals surface area contributed by atoms with Crippen molar-refractivity contribution < 1.29 is 4.79 Å². The van der Waals surface area contributed by atoms with E-state index in [0.717, 1.165) is 22.2 Å². The summed E-state index contributed by atoms with van der Waals surface area (Å²) in [5.41, 5.74) is 10.3. The first kappa shape index (κ1) is 20.4. The standard InChI is InChI=1S/C22H16ClN9O/c23-15-3-13-5-17(8-27-22(33)12-1-2-16(6-24)26-7-12)31-18(13)14(4-15)9-32-11-30-19-20(25)28-10-29-21(19)32/h1-5,7,10-11,31H,8-9H2,(H,27,33)(H2,25,28,29). The zero-order chi connectivity index (χ0) is 22.9. The van der Waals surface area contributed by atoms with Crippen LogP contribution in [-0.2, 0) is 13.1 Å². The maximum Gasteiger partial charge on any atom is 0.253 e. The van der Waals surface area contributed by atoms with Crippen molar-refractivity contribution in [3.8, 4) is 6.07 Å². The number of anilines is 1. The molecule has 0 bridgehead atoms. The van der Waals surface area contributed by atoms with Crippen LogP contribution in [-0.4, -0.2) is 35.4 Å². The number of imidazole rings is 1. The van der Waals surface area contributed by atoms with Crippen LogP contribution >= 0.6 is 11.6 Å². The third-order valence-electron chi connectivity index (χ3n) is 5.18. The Balaban J connectivity index is 1.40. The summed E-state index contributed by atoms with van der Waals surface area (Å²) in [5.74, 6) is 0.0383. The minimum absolute atomic E-state index is 0.256. The number of nitrogens with one attached hydrogen (secondary N) is 2. The molecule has 4 N–H and O–H groups in total. The summed E-state index contributed by atoms with van der Waals surface area (Å²) in [6.07, 6.45) is 4.45. The van der Waals surface area contributed by atoms with Crippen LogP contribution in [0.2, 0.25) is 5.02 Å². The fourth-order valence-electron chi connectivity index (χ4n) is 3.63. The number of nitriles is 1. The van der Waals surface area contributed by atoms with Gasteiger partial charge in [0.05, 0.1) is 30.5 Å². The van der Waals surface area contributed by atoms with Crippen molar-refractivity contribution in [2.45, 2.75) is 13.1 Å². The number of nitrogen functional groups attached to an aromatic ring is 1. The number of carbonyl (C=O) groups excluding carboxylic acids is 1. The smallest absolute Gasteiger partial charge is 0.253 e. The third kappa shape index (κ3) is 3.93. The number of fused-ring (bicyclic) bond motifs is 2. The molecule has 0 saturated carbocycles. The SMILES string of the molecule is N#Cc1ccc(C(=O)NCc2cc3cc(Cl)cc(Cn4cnc5c(N)ncnc54)c3[nH]2)cn1. The summed E-state index contributed by atoms with van der Waals surface area (Å²) in [4.78, 5) is 32.3. The normalized spacial score (nSPS) is 11.0. The van der Waals surface area contributed by atoms with Crippen molar-refractivity contribution in [3.05, 3.63) is 76.7 Å². The summed E-state index contributed by atoms with van der Waals surface area (Å²) < 4.78 is 1.87. The van der Waals surface area contributed by atoms with E-state index in [1.54, 1.807) is 12.4 Å². The molecule has 10 nitrogen and oxygen atoms in total. The van der Waals surface area contributed by atoms with E-state index in [0.29, 0.717) is 34.1 Å². The highest BCUT2D eigenvalue weighted by Crippen LogP contribution is 2.26. The van der Waals surface area contributed by atoms with E-state index in [1.165, 1.54) is 18.6 Å². The average molecular weight is 458 g/mol. The zero-order valence-electron chi connectivity index (χ0n) is 17.1. The lowest BCUT2D eigenvalue weighted by atomic mass is 10.1. The van der Waals surface area contributed by atoms with E-state index in [2.05, 4.69) is 30.2 Å². The Morgan fingerprint density at radius 3 is 2.88 bits per heavy atom. The summed E-state index contributed by atoms with van der Waals surface area (Å²) in [5, 5.41) is 13.2. The number of pyridine rings is 1. The number of halogens is 1. The molecule has 0 aliphatic rings. The van der Waals surface area contributed by atoms with Crippen molar-refractivity contribution in [2.75, 3.05) is 5.73 Å². The topological polar surface area (TPSA) is 151 Å². The van der Waals surface area contributed by atoms with Crippen LogP contribution in [0.15, 0.2) is 49.2 Å². The lowest BCUT2D eigenvalue weighted by Gasteiger charge is -2.07. The summed E-state index contributed by atoms with van der Waals surface area (Å²) in [7, 11) is 0. The number of nitrogens with zero attached hydrogens (tertiary/aromatic N) is 6. The Kier molecular flexibility index (Phi) is 5.08. The monoisotopic (exact) mass is 457 g/mol. The molecular formula is C22H16ClN9O. The number of rotatable bonds is 5. The molecule has 1 amide bonds. The van der Waals surface area contributed by atoms with Crippen molar-refractivity contribution in [1.29, 1.82) is 5.26 Å². The molecule has 4 heterocycles. The molecule has 0 unspecified atom stereocenters. The van der Waals surface area contributed by atoms with Crippen molar-refractivity contribution in [3.63, 3.8) is 0 Å². The maximum absolute atomic E-state index is 12.4. The van der Waals surface area contributed by atoms with Gasteiger partial charge in [-0.1, -0.05) is 11.6 Å². The minimum Gasteiger partial charge on any atom is -0.382 e. The Labute approximate surface area is 192 Å². The molecule has 0 fully saturated rings. The van der Waals surface area contributed by atoms with Crippen LogP contribution < -0.4 is 11.1 Å². The number of hydrogen-bond acceptors (Lipinski definition) is 7. The van der Waals surface area contributed by atoms with E-state index in [-0.39, 0.29) is 18.1 Å². The van der Waals surface area contributed by atoms with Gasteiger partial charge >= 0.3 is 0 Å². The highest BCUT2D eigenvalue weighted by atomic mass is 35.5. The van der Waals surface area contributed by atoms with E-state index in [4.69, 9.17) is 22.6 Å². The largest absolute Gasteiger partial charge is 0.382 e. The van der Waals surface area contributed by atoms with Gasteiger partial charge in [-0.3, -0.25) is 4.79 Å². The molecule has 0 spiro atoms. The van der Waals surface area contributed by atoms with Gasteiger partial charge in [-0.15, -0.1) is 0 Å². The van der Waals surface area contributed by atoms with Crippen LogP contribution in [0, 0.1) is 11.3 Å². The second-order valence-electron chi connectivity index (χ2n) is 7.35. The predicted molar refractivity (Wildman–Crippen MR) is 122 cm³/mol. The van der Waals surface area contributed by atoms with Gasteiger partial charge < -0.3 is 20.6 Å². The molecule has 162 valence electrons. The third-order valence-corrected chi connectivity index (χ3v) is 5.40. The number of hydrogen-bond donors (Lipinski definition) is 3. The number of aromatic nitrogens is 6. The lowest BCUT2D eigenvalue weighted by molar-refractivity contribution is 0.0950. The first-order valence-electron chi connectivity index (χ1n) is 9.87. The number of nitrogens with two attached hydrogens (primary N) is 1. The first-order valence-corrected chi connectivity index (χ1v) is 10.3. The summed E-state index contributed by atoms with van der Waals surface area (Å²) >= 11 is 6.36. The molecule has 0 aliphatic carbocycles. The van der Waals surface area contributed by atoms with Crippen LogP contribution in [0.3, 0.4) is 0 Å². The van der Waals surface area contributed by atoms with E-state index in [9.17, 15) is 4.79 Å². The Bertz CT molecular complexity index is 1550. The molecule has 33 heavy (non-hydrogen) atoms. The van der Waals surface area contributed by atoms with Gasteiger partial charge in [0.25, 0.3) is 5.91 Å². The lowest BCUT2D eigenvalue weighted by Crippen LogP contribution is -2.23. The quantitative estimate of drug-likeness (QED) is 0.367. The molecule has 1 aromatic carbocycles. The number of amides is 1. The molecule has 5 rings (SSSR count). The fraction of sp³-hybridized carbons (Fsp3) is 0.0909. The number of aromatic amines is 1. The number of benzene rings is 1. The van der Waals surface area contributed by atoms with Gasteiger partial charge in [-0.25, -0.2) is 19.9 Å². The molecule has 11 heteroatoms. The molecule has 0 aliphatic heterocycles. The van der Waals surface area contributed by atoms with Crippen molar-refractivity contribution in [1.82, 2.24) is 34.8 Å². The molecular weight excluding hydrogens is 442 g/mol. The van der Waals surface area contributed by atoms with Gasteiger partial charge in [-0.2, -0.15) is 5.26 Å². The summed E-state index contributed by atoms with van der Waals surface area (Å²) in [6.45, 7) is 0.746. The maximum atomic E-state index is 12.4. The Hall–Kier alpha value is -4.49. The number of H-pyrrole nitrogens is 1. The summed E-state index contributed by atoms with van der Waals surface area (Å²) in [6, 6.07) is 10.7. The van der Waals surface area contributed by atoms with Gasteiger partial charge in [0.1, 0.15) is 23.6 Å². The predicted octanol–water partition coefficient (Wildman–Crippen LogP) is 2.79. The number of carbonyl (C=O) groups is 1. The zero-order valence-corrected chi connectivity index (χ0v) is 17.8. The second kappa shape index (κ2) is 8.22. The van der Waals surface area contributed by atoms with Gasteiger partial charge in [0.15, 0.2) is 11.5 Å². The highest BCUT2D eigenvalue weighted by molar-refractivity contribution is 6.31. The average Bonchev–Trinajstić information content (AvgIpc) is 3.42. The van der Waals surface area contributed by atoms with Crippen LogP contribution in [0.1, 0.15) is 27.3 Å². The van der Waals surface area contributed by atoms with Crippen LogP contribution in [0.25, 0.3) is 22.1 Å². The first-order chi connectivity index (χ1) is 16.0. The van der Waals surface area contributed by atoms with E-state index in [1.807, 2.05) is 28.8 Å². The van der Waals surface area contributed by atoms with Gasteiger partial charge in [0, 0.05) is 22.3 Å². The molecule has 5 aromatic rings. The minimum atomic E-state index is -0.286. The highest BCUT2D eigenvalue weighted by Gasteiger charge is 2.13. The Morgan fingerprint density at radius 2 is 2.09 bits per heavy atom. The molecule has 0 atom stereocenters. The van der Waals surface area contributed by atoms with Gasteiger partial charge in [-0.05, 0) is 35.9 Å². The fourth-order valence-corrected chi connectivity index (χ4v) is 3.88.